The molecule has 0 aromatic carbocycles. The summed E-state index contributed by atoms with van der Waals surface area (Å²) in [6.07, 6.45) is 0.685. The number of aromatic nitrogens is 1. The van der Waals surface area contributed by atoms with Gasteiger partial charge in [0, 0.05) is 5.38 Å². The third-order valence-electron chi connectivity index (χ3n) is 1.91. The molecule has 0 spiro atoms. The van der Waals surface area contributed by atoms with Crippen molar-refractivity contribution in [3.05, 3.63) is 16.1 Å². The number of thiazole rings is 1. The van der Waals surface area contributed by atoms with Gasteiger partial charge in [0.1, 0.15) is 5.69 Å². The summed E-state index contributed by atoms with van der Waals surface area (Å²) in [6.45, 7) is 3.77. The average Bonchev–Trinajstić information content (AvgIpc) is 2.60. The van der Waals surface area contributed by atoms with Gasteiger partial charge in [0.15, 0.2) is 0 Å². The van der Waals surface area contributed by atoms with Gasteiger partial charge in [-0.2, -0.15) is 0 Å². The Labute approximate surface area is 97.9 Å². The normalized spacial score (nSPS) is 12.1. The monoisotopic (exact) mass is 243 g/mol. The predicted molar refractivity (Wildman–Crippen MR) is 65.2 cm³/mol. The molecule has 0 bridgehead atoms. The fourth-order valence-corrected chi connectivity index (χ4v) is 1.89. The van der Waals surface area contributed by atoms with Crippen LogP contribution in [0.15, 0.2) is 5.38 Å². The molecule has 4 nitrogen and oxygen atoms in total. The topological polar surface area (TPSA) is 68.0 Å². The summed E-state index contributed by atoms with van der Waals surface area (Å²) in [5.41, 5.74) is 5.90. The second-order valence-electron chi connectivity index (χ2n) is 3.09. The van der Waals surface area contributed by atoms with Crippen LogP contribution in [-0.4, -0.2) is 21.9 Å². The van der Waals surface area contributed by atoms with Gasteiger partial charge < -0.3 is 11.1 Å². The Hall–Kier alpha value is -1.01. The van der Waals surface area contributed by atoms with Crippen LogP contribution in [0.4, 0.5) is 0 Å². The molecule has 0 aliphatic heterocycles. The van der Waals surface area contributed by atoms with Crippen molar-refractivity contribution in [3.63, 3.8) is 0 Å². The third-order valence-corrected chi connectivity index (χ3v) is 2.97. The first-order valence-corrected chi connectivity index (χ1v) is 5.85. The summed E-state index contributed by atoms with van der Waals surface area (Å²) in [4.78, 5) is 16.0. The van der Waals surface area contributed by atoms with E-state index in [4.69, 9.17) is 18.0 Å². The maximum Gasteiger partial charge on any atom is 0.271 e. The minimum absolute atomic E-state index is 0.223. The van der Waals surface area contributed by atoms with Crippen LogP contribution in [0, 0.1) is 6.92 Å². The van der Waals surface area contributed by atoms with Gasteiger partial charge >= 0.3 is 0 Å². The van der Waals surface area contributed by atoms with Crippen LogP contribution in [0.1, 0.15) is 28.8 Å². The molecule has 1 aromatic heterocycles. The van der Waals surface area contributed by atoms with E-state index in [1.54, 1.807) is 5.38 Å². The number of nitrogens with zero attached hydrogens (tertiary/aromatic N) is 1. The van der Waals surface area contributed by atoms with E-state index in [2.05, 4.69) is 10.3 Å². The zero-order valence-electron chi connectivity index (χ0n) is 8.61. The molecule has 0 aliphatic carbocycles. The fourth-order valence-electron chi connectivity index (χ4n) is 1.07. The Morgan fingerprint density at radius 2 is 2.47 bits per heavy atom. The van der Waals surface area contributed by atoms with Crippen molar-refractivity contribution in [3.8, 4) is 0 Å². The van der Waals surface area contributed by atoms with E-state index in [-0.39, 0.29) is 11.9 Å². The minimum atomic E-state index is -0.255. The van der Waals surface area contributed by atoms with E-state index in [1.165, 1.54) is 11.3 Å². The summed E-state index contributed by atoms with van der Waals surface area (Å²) in [6, 6.07) is -0.255. The Morgan fingerprint density at radius 3 is 2.87 bits per heavy atom. The van der Waals surface area contributed by atoms with Gasteiger partial charge in [0.25, 0.3) is 5.91 Å². The molecule has 6 heteroatoms. The Balaban J connectivity index is 2.66. The van der Waals surface area contributed by atoms with Crippen molar-refractivity contribution in [2.75, 3.05) is 0 Å². The van der Waals surface area contributed by atoms with Crippen molar-refractivity contribution in [1.29, 1.82) is 0 Å². The maximum atomic E-state index is 11.6. The van der Waals surface area contributed by atoms with Gasteiger partial charge in [-0.3, -0.25) is 4.79 Å². The second kappa shape index (κ2) is 5.18. The highest BCUT2D eigenvalue weighted by Crippen LogP contribution is 2.08. The first-order valence-electron chi connectivity index (χ1n) is 4.57. The Bertz CT molecular complexity index is 375. The molecule has 0 saturated carbocycles. The maximum absolute atomic E-state index is 11.6. The lowest BCUT2D eigenvalue weighted by Crippen LogP contribution is -2.43. The lowest BCUT2D eigenvalue weighted by molar-refractivity contribution is 0.0942. The molecule has 15 heavy (non-hydrogen) atoms. The summed E-state index contributed by atoms with van der Waals surface area (Å²) in [5.74, 6) is -0.223. The van der Waals surface area contributed by atoms with Crippen LogP contribution in [0.5, 0.6) is 0 Å². The highest BCUT2D eigenvalue weighted by Gasteiger charge is 2.15. The molecular formula is C9H13N3OS2. The molecule has 1 rings (SSSR count). The highest BCUT2D eigenvalue weighted by atomic mass is 32.1. The van der Waals surface area contributed by atoms with E-state index in [9.17, 15) is 4.79 Å². The van der Waals surface area contributed by atoms with Crippen LogP contribution in [0.25, 0.3) is 0 Å². The molecule has 3 N–H and O–H groups in total. The molecule has 1 unspecified atom stereocenters. The van der Waals surface area contributed by atoms with Gasteiger partial charge in [-0.05, 0) is 13.3 Å². The first-order chi connectivity index (χ1) is 7.04. The molecule has 1 atom stereocenters. The van der Waals surface area contributed by atoms with E-state index in [1.807, 2.05) is 13.8 Å². The molecule has 0 aliphatic rings. The number of aryl methyl sites for hydroxylation is 1. The SMILES string of the molecule is CCC(NC(=O)c1csc(C)n1)C(N)=S. The van der Waals surface area contributed by atoms with Crippen LogP contribution in [0.2, 0.25) is 0 Å². The fraction of sp³-hybridized carbons (Fsp3) is 0.444. The zero-order valence-corrected chi connectivity index (χ0v) is 10.2. The van der Waals surface area contributed by atoms with Crippen LogP contribution in [-0.2, 0) is 0 Å². The molecule has 1 aromatic rings. The zero-order chi connectivity index (χ0) is 11.4. The number of rotatable bonds is 4. The number of nitrogens with one attached hydrogen (secondary N) is 1. The van der Waals surface area contributed by atoms with E-state index < -0.39 is 0 Å². The molecule has 1 heterocycles. The van der Waals surface area contributed by atoms with Crippen molar-refractivity contribution in [2.45, 2.75) is 26.3 Å². The quantitative estimate of drug-likeness (QED) is 0.781. The summed E-state index contributed by atoms with van der Waals surface area (Å²) < 4.78 is 0. The van der Waals surface area contributed by atoms with E-state index >= 15 is 0 Å². The van der Waals surface area contributed by atoms with Gasteiger partial charge in [-0.25, -0.2) is 4.98 Å². The van der Waals surface area contributed by atoms with Crippen molar-refractivity contribution >= 4 is 34.5 Å². The summed E-state index contributed by atoms with van der Waals surface area (Å²) >= 11 is 6.27. The van der Waals surface area contributed by atoms with Crippen LogP contribution >= 0.6 is 23.6 Å². The number of amides is 1. The van der Waals surface area contributed by atoms with Gasteiger partial charge in [0.05, 0.1) is 16.0 Å². The van der Waals surface area contributed by atoms with Crippen LogP contribution in [0.3, 0.4) is 0 Å². The molecule has 1 amide bonds. The number of carbonyl (C=O) groups is 1. The number of hydrogen-bond acceptors (Lipinski definition) is 4. The van der Waals surface area contributed by atoms with Gasteiger partial charge in [-0.15, -0.1) is 11.3 Å². The largest absolute Gasteiger partial charge is 0.392 e. The number of thiocarbonyl (C=S) groups is 1. The lowest BCUT2D eigenvalue weighted by Gasteiger charge is -2.13. The first kappa shape index (κ1) is 12.1. The van der Waals surface area contributed by atoms with E-state index in [0.717, 1.165) is 5.01 Å². The standard InChI is InChI=1S/C9H13N3OS2/c1-3-6(8(10)14)12-9(13)7-4-15-5(2)11-7/h4,6H,3H2,1-2H3,(H2,10,14)(H,12,13). The van der Waals surface area contributed by atoms with Crippen molar-refractivity contribution < 1.29 is 4.79 Å². The molecular weight excluding hydrogens is 230 g/mol. The van der Waals surface area contributed by atoms with Crippen molar-refractivity contribution in [1.82, 2.24) is 10.3 Å². The lowest BCUT2D eigenvalue weighted by atomic mass is 10.2. The van der Waals surface area contributed by atoms with Crippen molar-refractivity contribution in [2.24, 2.45) is 5.73 Å². The molecule has 82 valence electrons. The predicted octanol–water partition coefficient (Wildman–Crippen LogP) is 1.25. The van der Waals surface area contributed by atoms with Gasteiger partial charge in [0.2, 0.25) is 0 Å². The smallest absolute Gasteiger partial charge is 0.271 e. The highest BCUT2D eigenvalue weighted by molar-refractivity contribution is 7.80. The second-order valence-corrected chi connectivity index (χ2v) is 4.62. The summed E-state index contributed by atoms with van der Waals surface area (Å²) in [7, 11) is 0. The Kier molecular flexibility index (Phi) is 4.16. The molecule has 0 radical (unpaired) electrons. The van der Waals surface area contributed by atoms with Crippen LogP contribution < -0.4 is 11.1 Å². The number of carbonyl (C=O) groups excluding carboxylic acids is 1. The van der Waals surface area contributed by atoms with Gasteiger partial charge in [-0.1, -0.05) is 19.1 Å². The number of hydrogen-bond donors (Lipinski definition) is 2. The Morgan fingerprint density at radius 1 is 1.80 bits per heavy atom. The average molecular weight is 243 g/mol. The minimum Gasteiger partial charge on any atom is -0.392 e. The third kappa shape index (κ3) is 3.24. The molecule has 0 saturated heterocycles. The summed E-state index contributed by atoms with van der Waals surface area (Å²) in [5, 5.41) is 5.32. The van der Waals surface area contributed by atoms with E-state index in [0.29, 0.717) is 17.1 Å². The number of nitrogens with two attached hydrogens (primary N) is 1. The molecule has 0 fully saturated rings.